The van der Waals surface area contributed by atoms with E-state index in [0.717, 1.165) is 12.1 Å². The molecule has 2 heterocycles. The lowest BCUT2D eigenvalue weighted by Gasteiger charge is -2.12. The number of pyridine rings is 1. The molecule has 0 radical (unpaired) electrons. The summed E-state index contributed by atoms with van der Waals surface area (Å²) in [5, 5.41) is 9.28. The normalized spacial score (nSPS) is 11.5. The lowest BCUT2D eigenvalue weighted by Crippen LogP contribution is -2.17. The maximum absolute atomic E-state index is 12.5. The number of primary amides is 1. The second-order valence-corrected chi connectivity index (χ2v) is 5.91. The predicted molar refractivity (Wildman–Crippen MR) is 92.2 cm³/mol. The number of aliphatic carboxylic acids is 1. The Morgan fingerprint density at radius 2 is 1.93 bits per heavy atom. The van der Waals surface area contributed by atoms with Crippen LogP contribution in [0.15, 0.2) is 42.6 Å². The van der Waals surface area contributed by atoms with Gasteiger partial charge in [0.15, 0.2) is 0 Å². The third kappa shape index (κ3) is 4.22. The number of fused-ring (bicyclic) bond motifs is 1. The Hall–Kier alpha value is -3.56. The molecule has 0 bridgehead atoms. The zero-order chi connectivity index (χ0) is 20.5. The fraction of sp³-hybridized carbons (Fsp3) is 0.167. The van der Waals surface area contributed by atoms with E-state index < -0.39 is 24.0 Å². The molecule has 0 saturated carbocycles. The average Bonchev–Trinajstić information content (AvgIpc) is 2.98. The van der Waals surface area contributed by atoms with Crippen LogP contribution in [0.2, 0.25) is 0 Å². The van der Waals surface area contributed by atoms with Crippen LogP contribution in [0.4, 0.5) is 13.2 Å². The second-order valence-electron chi connectivity index (χ2n) is 5.91. The Balaban J connectivity index is 2.13. The summed E-state index contributed by atoms with van der Waals surface area (Å²) in [6, 6.07) is 8.21. The van der Waals surface area contributed by atoms with Crippen molar-refractivity contribution >= 4 is 22.8 Å². The molecule has 1 aromatic carbocycles. The number of aromatic nitrogens is 2. The van der Waals surface area contributed by atoms with Gasteiger partial charge in [-0.15, -0.1) is 13.2 Å². The van der Waals surface area contributed by atoms with Crippen molar-refractivity contribution in [3.8, 4) is 11.6 Å². The van der Waals surface area contributed by atoms with Crippen LogP contribution in [0, 0.1) is 0 Å². The van der Waals surface area contributed by atoms with Crippen molar-refractivity contribution in [3.63, 3.8) is 0 Å². The molecule has 3 rings (SSSR count). The van der Waals surface area contributed by atoms with Gasteiger partial charge < -0.3 is 15.6 Å². The maximum atomic E-state index is 12.5. The number of carboxylic acid groups (broad SMARTS) is 1. The first-order valence-electron chi connectivity index (χ1n) is 8.02. The van der Waals surface area contributed by atoms with Crippen LogP contribution < -0.4 is 10.5 Å². The lowest BCUT2D eigenvalue weighted by atomic mass is 10.1. The molecule has 0 fully saturated rings. The van der Waals surface area contributed by atoms with Crippen molar-refractivity contribution < 1.29 is 32.6 Å². The maximum Gasteiger partial charge on any atom is 0.573 e. The van der Waals surface area contributed by atoms with E-state index in [4.69, 9.17) is 10.8 Å². The van der Waals surface area contributed by atoms with E-state index in [1.165, 1.54) is 22.9 Å². The van der Waals surface area contributed by atoms with Gasteiger partial charge in [-0.05, 0) is 42.3 Å². The molecule has 3 aromatic rings. The molecule has 2 aromatic heterocycles. The molecule has 0 aliphatic carbocycles. The molecule has 0 unspecified atom stereocenters. The number of carbonyl (C=O) groups excluding carboxylic acids is 1. The second kappa shape index (κ2) is 7.22. The summed E-state index contributed by atoms with van der Waals surface area (Å²) >= 11 is 0. The van der Waals surface area contributed by atoms with Gasteiger partial charge >= 0.3 is 12.3 Å². The summed E-state index contributed by atoms with van der Waals surface area (Å²) in [6.45, 7) is 0. The molecule has 0 spiro atoms. The highest BCUT2D eigenvalue weighted by Gasteiger charge is 2.31. The number of nitrogens with two attached hydrogens (primary N) is 1. The van der Waals surface area contributed by atoms with Crippen LogP contribution in [0.25, 0.3) is 16.7 Å². The number of alkyl halides is 3. The topological polar surface area (TPSA) is 107 Å². The highest BCUT2D eigenvalue weighted by molar-refractivity contribution is 5.99. The Labute approximate surface area is 156 Å². The van der Waals surface area contributed by atoms with Gasteiger partial charge in [0.2, 0.25) is 0 Å². The van der Waals surface area contributed by atoms with E-state index >= 15 is 0 Å². The third-order valence-corrected chi connectivity index (χ3v) is 3.93. The van der Waals surface area contributed by atoms with Gasteiger partial charge in [-0.3, -0.25) is 14.2 Å². The number of carbonyl (C=O) groups is 2. The predicted octanol–water partition coefficient (Wildman–Crippen LogP) is 3.04. The minimum absolute atomic E-state index is 0.0158. The Bertz CT molecular complexity index is 1060. The smallest absolute Gasteiger partial charge is 0.481 e. The molecule has 28 heavy (non-hydrogen) atoms. The highest BCUT2D eigenvalue weighted by Crippen LogP contribution is 2.30. The van der Waals surface area contributed by atoms with Gasteiger partial charge in [0.05, 0.1) is 5.52 Å². The van der Waals surface area contributed by atoms with E-state index in [9.17, 15) is 22.8 Å². The van der Waals surface area contributed by atoms with Crippen molar-refractivity contribution in [3.05, 3.63) is 53.9 Å². The van der Waals surface area contributed by atoms with E-state index in [1.807, 2.05) is 0 Å². The number of halogens is 3. The van der Waals surface area contributed by atoms with Gasteiger partial charge in [0.25, 0.3) is 5.91 Å². The first-order chi connectivity index (χ1) is 13.1. The number of carboxylic acids is 1. The van der Waals surface area contributed by atoms with Crippen molar-refractivity contribution in [2.24, 2.45) is 5.73 Å². The third-order valence-electron chi connectivity index (χ3n) is 3.93. The van der Waals surface area contributed by atoms with Gasteiger partial charge in [0, 0.05) is 24.1 Å². The number of ether oxygens (including phenoxy) is 1. The van der Waals surface area contributed by atoms with Crippen LogP contribution in [-0.2, 0) is 11.2 Å². The fourth-order valence-corrected chi connectivity index (χ4v) is 2.80. The Kier molecular flexibility index (Phi) is 4.95. The molecule has 10 heteroatoms. The summed E-state index contributed by atoms with van der Waals surface area (Å²) in [4.78, 5) is 26.8. The quantitative estimate of drug-likeness (QED) is 0.669. The number of hydrogen-bond donors (Lipinski definition) is 2. The van der Waals surface area contributed by atoms with Crippen LogP contribution in [-0.4, -0.2) is 32.9 Å². The molecule has 0 aliphatic rings. The van der Waals surface area contributed by atoms with Crippen LogP contribution in [0.1, 0.15) is 22.5 Å². The van der Waals surface area contributed by atoms with Gasteiger partial charge in [-0.25, -0.2) is 4.98 Å². The summed E-state index contributed by atoms with van der Waals surface area (Å²) in [5.74, 6) is -2.02. The van der Waals surface area contributed by atoms with E-state index in [-0.39, 0.29) is 29.9 Å². The van der Waals surface area contributed by atoms with Crippen LogP contribution in [0.5, 0.6) is 5.75 Å². The minimum atomic E-state index is -4.87. The summed E-state index contributed by atoms with van der Waals surface area (Å²) in [7, 11) is 0. The number of nitrogens with zero attached hydrogens (tertiary/aromatic N) is 2. The lowest BCUT2D eigenvalue weighted by molar-refractivity contribution is -0.274. The van der Waals surface area contributed by atoms with E-state index in [0.29, 0.717) is 10.9 Å². The molecular weight excluding hydrogens is 379 g/mol. The van der Waals surface area contributed by atoms with E-state index in [2.05, 4.69) is 9.72 Å². The van der Waals surface area contributed by atoms with Gasteiger partial charge in [0.1, 0.15) is 17.3 Å². The molecule has 0 atom stereocenters. The van der Waals surface area contributed by atoms with Crippen molar-refractivity contribution in [2.75, 3.05) is 0 Å². The van der Waals surface area contributed by atoms with Crippen molar-refractivity contribution in [2.45, 2.75) is 19.2 Å². The van der Waals surface area contributed by atoms with Crippen molar-refractivity contribution in [1.82, 2.24) is 9.55 Å². The molecule has 7 nitrogen and oxygen atoms in total. The summed E-state index contributed by atoms with van der Waals surface area (Å²) < 4.78 is 42.9. The molecule has 1 amide bonds. The number of hydrogen-bond acceptors (Lipinski definition) is 4. The van der Waals surface area contributed by atoms with Crippen molar-refractivity contribution in [1.29, 1.82) is 0 Å². The first-order valence-corrected chi connectivity index (χ1v) is 8.02. The minimum Gasteiger partial charge on any atom is -0.481 e. The monoisotopic (exact) mass is 393 g/mol. The van der Waals surface area contributed by atoms with Gasteiger partial charge in [-0.1, -0.05) is 0 Å². The average molecular weight is 393 g/mol. The zero-order valence-electron chi connectivity index (χ0n) is 14.2. The number of amides is 1. The van der Waals surface area contributed by atoms with Crippen LogP contribution >= 0.6 is 0 Å². The highest BCUT2D eigenvalue weighted by atomic mass is 19.4. The molecule has 3 N–H and O–H groups in total. The Morgan fingerprint density at radius 1 is 1.18 bits per heavy atom. The van der Waals surface area contributed by atoms with E-state index in [1.54, 1.807) is 12.1 Å². The Morgan fingerprint density at radius 3 is 2.57 bits per heavy atom. The summed E-state index contributed by atoms with van der Waals surface area (Å²) in [5.41, 5.74) is 6.30. The zero-order valence-corrected chi connectivity index (χ0v) is 14.2. The molecular formula is C18H14F3N3O4. The SMILES string of the molecule is NC(=O)c1cc2ccc(OC(F)(F)F)cc2n1-c1cc(CCC(=O)O)ccn1. The summed E-state index contributed by atoms with van der Waals surface area (Å²) in [6.07, 6.45) is -3.34. The van der Waals surface area contributed by atoms with Gasteiger partial charge in [-0.2, -0.15) is 0 Å². The number of benzene rings is 1. The fourth-order valence-electron chi connectivity index (χ4n) is 2.80. The number of rotatable bonds is 6. The first kappa shape index (κ1) is 19.2. The molecule has 0 saturated heterocycles. The number of aryl methyl sites for hydroxylation is 1. The standard InChI is InChI=1S/C18H14F3N3O4/c19-18(20,21)28-12-3-2-11-8-14(17(22)27)24(13(11)9-12)15-7-10(5-6-23-15)1-4-16(25)26/h2-3,5-9H,1,4H2,(H2,22,27)(H,25,26). The molecule has 146 valence electrons. The van der Waals surface area contributed by atoms with Crippen LogP contribution in [0.3, 0.4) is 0 Å². The largest absolute Gasteiger partial charge is 0.573 e. The molecule has 0 aliphatic heterocycles.